The summed E-state index contributed by atoms with van der Waals surface area (Å²) in [6, 6.07) is 14.1. The quantitative estimate of drug-likeness (QED) is 0.144. The molecule has 1 nitrogen and oxygen atoms in total. The largest absolute Gasteiger partial charge is 0.383 e. The molecule has 0 N–H and O–H groups in total. The maximum Gasteiger partial charge on any atom is 0.383 e. The highest BCUT2D eigenvalue weighted by Crippen LogP contribution is 2.45. The molecule has 244 valence electrons. The van der Waals surface area contributed by atoms with E-state index < -0.39 is 29.7 Å². The van der Waals surface area contributed by atoms with Crippen molar-refractivity contribution >= 4 is 0 Å². The Morgan fingerprint density at radius 3 is 1.87 bits per heavy atom. The maximum atomic E-state index is 15.2. The Balaban J connectivity index is 1.10. The second-order valence-corrected chi connectivity index (χ2v) is 13.3. The van der Waals surface area contributed by atoms with Crippen LogP contribution in [0, 0.1) is 29.3 Å². The summed E-state index contributed by atoms with van der Waals surface area (Å²) in [6.45, 7) is 4.01. The zero-order valence-corrected chi connectivity index (χ0v) is 26.7. The van der Waals surface area contributed by atoms with Gasteiger partial charge in [0, 0.05) is 11.1 Å². The molecule has 5 rings (SSSR count). The van der Waals surface area contributed by atoms with Gasteiger partial charge in [-0.1, -0.05) is 69.5 Å². The number of hydrogen-bond acceptors (Lipinski definition) is 1. The second kappa shape index (κ2) is 15.2. The molecule has 0 heterocycles. The van der Waals surface area contributed by atoms with Crippen molar-refractivity contribution in [3.8, 4) is 11.1 Å². The Kier molecular flexibility index (Phi) is 11.4. The minimum Gasteiger partial charge on any atom is -0.313 e. The normalized spacial score (nSPS) is 22.5. The Morgan fingerprint density at radius 1 is 0.667 bits per heavy atom. The van der Waals surface area contributed by atoms with Gasteiger partial charge in [-0.3, -0.25) is 0 Å². The summed E-state index contributed by atoms with van der Waals surface area (Å²) >= 11 is 0. The van der Waals surface area contributed by atoms with Crippen molar-refractivity contribution in [1.82, 2.24) is 0 Å². The molecule has 0 atom stereocenters. The van der Waals surface area contributed by atoms with Crippen molar-refractivity contribution in [3.63, 3.8) is 0 Å². The Labute approximate surface area is 265 Å². The van der Waals surface area contributed by atoms with Crippen LogP contribution in [0.2, 0.25) is 0 Å². The number of hydrogen-bond donors (Lipinski definition) is 0. The predicted octanol–water partition coefficient (Wildman–Crippen LogP) is 12.1. The molecule has 2 aliphatic rings. The first-order valence-corrected chi connectivity index (χ1v) is 17.1. The Morgan fingerprint density at radius 2 is 1.29 bits per heavy atom. The molecule has 2 fully saturated rings. The molecule has 0 saturated heterocycles. The fourth-order valence-corrected chi connectivity index (χ4v) is 7.59. The van der Waals surface area contributed by atoms with Gasteiger partial charge in [0.05, 0.1) is 11.7 Å². The SMILES string of the molecule is CCCCCc1ccc(C(F)(F)OC2CCC(C3CCC(c4ccc(-c5cc(F)c(CCC)c(F)c5)c(F)c4)CC3)CC2)cc1. The van der Waals surface area contributed by atoms with Crippen LogP contribution in [0.15, 0.2) is 54.6 Å². The summed E-state index contributed by atoms with van der Waals surface area (Å²) in [5.74, 6) is -0.450. The number of unbranched alkanes of at least 4 members (excludes halogenated alkanes) is 2. The van der Waals surface area contributed by atoms with Crippen molar-refractivity contribution in [1.29, 1.82) is 0 Å². The molecule has 0 radical (unpaired) electrons. The average molecular weight is 627 g/mol. The number of benzene rings is 3. The van der Waals surface area contributed by atoms with E-state index in [9.17, 15) is 17.6 Å². The van der Waals surface area contributed by atoms with Gasteiger partial charge in [-0.25, -0.2) is 13.2 Å². The minimum atomic E-state index is -3.29. The van der Waals surface area contributed by atoms with Crippen LogP contribution < -0.4 is 0 Å². The van der Waals surface area contributed by atoms with Crippen LogP contribution in [-0.2, 0) is 23.7 Å². The molecule has 3 aromatic rings. The molecule has 6 heteroatoms. The van der Waals surface area contributed by atoms with Crippen molar-refractivity contribution in [2.75, 3.05) is 0 Å². The van der Waals surface area contributed by atoms with Gasteiger partial charge in [0.25, 0.3) is 0 Å². The third-order valence-corrected chi connectivity index (χ3v) is 10.2. The van der Waals surface area contributed by atoms with Crippen molar-refractivity contribution in [2.24, 2.45) is 11.8 Å². The number of halogens is 5. The molecular weight excluding hydrogens is 579 g/mol. The third-order valence-electron chi connectivity index (χ3n) is 10.2. The van der Waals surface area contributed by atoms with E-state index in [0.29, 0.717) is 37.5 Å². The van der Waals surface area contributed by atoms with Crippen LogP contribution in [-0.4, -0.2) is 6.10 Å². The van der Waals surface area contributed by atoms with E-state index in [1.165, 1.54) is 30.3 Å². The average Bonchev–Trinajstić information content (AvgIpc) is 3.03. The maximum absolute atomic E-state index is 15.2. The highest BCUT2D eigenvalue weighted by molar-refractivity contribution is 5.65. The van der Waals surface area contributed by atoms with Gasteiger partial charge in [0.15, 0.2) is 0 Å². The Hall–Kier alpha value is -2.73. The van der Waals surface area contributed by atoms with Gasteiger partial charge >= 0.3 is 6.11 Å². The van der Waals surface area contributed by atoms with Crippen molar-refractivity contribution in [3.05, 3.63) is 94.3 Å². The summed E-state index contributed by atoms with van der Waals surface area (Å²) < 4.78 is 79.5. The highest BCUT2D eigenvalue weighted by atomic mass is 19.3. The summed E-state index contributed by atoms with van der Waals surface area (Å²) in [5, 5.41) is 0. The standard InChI is InChI=1S/C39H47F5O/c1-3-5-6-8-26-9-18-32(19-10-26)39(43,44)45-33-20-15-28(16-21-33)27-11-13-29(14-12-27)30-17-22-34(36(40)23-30)31-24-37(41)35(7-4-2)38(42)25-31/h9-10,17-19,22-25,27-29,33H,3-8,11-16,20-21H2,1-2H3. The van der Waals surface area contributed by atoms with Crippen LogP contribution in [0.3, 0.4) is 0 Å². The molecule has 0 unspecified atom stereocenters. The number of ether oxygens (including phenoxy) is 1. The van der Waals surface area contributed by atoms with E-state index in [-0.39, 0.29) is 28.2 Å². The topological polar surface area (TPSA) is 9.23 Å². The molecule has 0 amide bonds. The molecule has 0 spiro atoms. The van der Waals surface area contributed by atoms with Crippen LogP contribution in [0.1, 0.15) is 119 Å². The lowest BCUT2D eigenvalue weighted by Gasteiger charge is -2.38. The van der Waals surface area contributed by atoms with Gasteiger partial charge < -0.3 is 4.74 Å². The van der Waals surface area contributed by atoms with Crippen LogP contribution in [0.25, 0.3) is 11.1 Å². The van der Waals surface area contributed by atoms with Crippen LogP contribution in [0.4, 0.5) is 22.0 Å². The lowest BCUT2D eigenvalue weighted by molar-refractivity contribution is -0.278. The first-order chi connectivity index (χ1) is 21.7. The molecule has 45 heavy (non-hydrogen) atoms. The van der Waals surface area contributed by atoms with Gasteiger partial charge in [0.2, 0.25) is 0 Å². The number of aryl methyl sites for hydroxylation is 1. The molecule has 0 aromatic heterocycles. The minimum absolute atomic E-state index is 0.0487. The van der Waals surface area contributed by atoms with Gasteiger partial charge in [-0.15, -0.1) is 0 Å². The fourth-order valence-electron chi connectivity index (χ4n) is 7.59. The number of rotatable bonds is 12. The van der Waals surface area contributed by atoms with Crippen LogP contribution >= 0.6 is 0 Å². The zero-order chi connectivity index (χ0) is 32.0. The van der Waals surface area contributed by atoms with E-state index in [2.05, 4.69) is 6.92 Å². The summed E-state index contributed by atoms with van der Waals surface area (Å²) in [6.07, 6.45) is 8.47. The van der Waals surface area contributed by atoms with Gasteiger partial charge in [-0.05, 0) is 123 Å². The second-order valence-electron chi connectivity index (χ2n) is 13.3. The zero-order valence-electron chi connectivity index (χ0n) is 26.7. The highest BCUT2D eigenvalue weighted by Gasteiger charge is 2.39. The lowest BCUT2D eigenvalue weighted by atomic mass is 9.69. The Bertz CT molecular complexity index is 1360. The molecule has 2 saturated carbocycles. The number of alkyl halides is 2. The summed E-state index contributed by atoms with van der Waals surface area (Å²) in [7, 11) is 0. The monoisotopic (exact) mass is 626 g/mol. The summed E-state index contributed by atoms with van der Waals surface area (Å²) in [4.78, 5) is 0. The first-order valence-electron chi connectivity index (χ1n) is 17.1. The van der Waals surface area contributed by atoms with E-state index in [4.69, 9.17) is 4.74 Å². The third kappa shape index (κ3) is 8.36. The molecule has 2 aliphatic carbocycles. The predicted molar refractivity (Wildman–Crippen MR) is 171 cm³/mol. The lowest BCUT2D eigenvalue weighted by Crippen LogP contribution is -2.32. The van der Waals surface area contributed by atoms with Crippen LogP contribution in [0.5, 0.6) is 0 Å². The van der Waals surface area contributed by atoms with E-state index in [1.54, 1.807) is 18.2 Å². The fraction of sp³-hybridized carbons (Fsp3) is 0.538. The smallest absolute Gasteiger partial charge is 0.313 e. The van der Waals surface area contributed by atoms with Gasteiger partial charge in [-0.2, -0.15) is 8.78 Å². The van der Waals surface area contributed by atoms with E-state index in [1.807, 2.05) is 13.0 Å². The summed E-state index contributed by atoms with van der Waals surface area (Å²) in [5.41, 5.74) is 2.40. The first kappa shape index (κ1) is 33.6. The van der Waals surface area contributed by atoms with Crippen molar-refractivity contribution < 1.29 is 26.7 Å². The molecule has 0 aliphatic heterocycles. The van der Waals surface area contributed by atoms with E-state index >= 15 is 4.39 Å². The molecule has 0 bridgehead atoms. The van der Waals surface area contributed by atoms with E-state index in [0.717, 1.165) is 75.3 Å². The van der Waals surface area contributed by atoms with Gasteiger partial charge in [0.1, 0.15) is 17.5 Å². The van der Waals surface area contributed by atoms with Crippen molar-refractivity contribution in [2.45, 2.75) is 122 Å². The molecule has 3 aromatic carbocycles. The molecular formula is C39H47F5O.